The van der Waals surface area contributed by atoms with Gasteiger partial charge in [-0.15, -0.1) is 0 Å². The van der Waals surface area contributed by atoms with Crippen molar-refractivity contribution in [3.63, 3.8) is 0 Å². The normalized spacial score (nSPS) is 34.3. The zero-order valence-corrected chi connectivity index (χ0v) is 35.2. The fourth-order valence-electron chi connectivity index (χ4n) is 11.5. The summed E-state index contributed by atoms with van der Waals surface area (Å²) >= 11 is 0. The largest absolute Gasteiger partial charge is 0.508 e. The first kappa shape index (κ1) is 45.5. The van der Waals surface area contributed by atoms with Crippen LogP contribution < -0.4 is 11.5 Å². The topological polar surface area (TPSA) is 313 Å². The van der Waals surface area contributed by atoms with Gasteiger partial charge in [0.2, 0.25) is 5.78 Å². The van der Waals surface area contributed by atoms with Gasteiger partial charge in [-0.3, -0.25) is 39.5 Å². The Balaban J connectivity index is 1.32. The van der Waals surface area contributed by atoms with Gasteiger partial charge in [-0.25, -0.2) is 18.0 Å². The molecule has 0 radical (unpaired) electrons. The van der Waals surface area contributed by atoms with Crippen LogP contribution in [0.3, 0.4) is 0 Å². The summed E-state index contributed by atoms with van der Waals surface area (Å²) in [6, 6.07) is 1.25. The molecule has 0 aliphatic heterocycles. The third-order valence-electron chi connectivity index (χ3n) is 14.3. The maximum atomic E-state index is 15.7. The van der Waals surface area contributed by atoms with E-state index < -0.39 is 192 Å². The van der Waals surface area contributed by atoms with E-state index >= 15 is 13.2 Å². The van der Waals surface area contributed by atoms with Gasteiger partial charge in [0.15, 0.2) is 39.9 Å². The van der Waals surface area contributed by atoms with Crippen LogP contribution in [-0.4, -0.2) is 144 Å². The first-order valence-corrected chi connectivity index (χ1v) is 20.3. The first-order chi connectivity index (χ1) is 30.3. The lowest BCUT2D eigenvalue weighted by atomic mass is 9.54. The molecule has 2 aromatic rings. The van der Waals surface area contributed by atoms with E-state index in [1.54, 1.807) is 0 Å². The number of nitrogens with zero attached hydrogens (tertiary/aromatic N) is 2. The quantitative estimate of drug-likeness (QED) is 0.122. The van der Waals surface area contributed by atoms with Crippen molar-refractivity contribution in [3.05, 3.63) is 110 Å². The Labute approximate surface area is 366 Å². The van der Waals surface area contributed by atoms with E-state index in [1.165, 1.54) is 45.0 Å². The number of rotatable bonds is 7. The number of ether oxygens (including phenoxy) is 1. The van der Waals surface area contributed by atoms with Gasteiger partial charge in [-0.2, -0.15) is 0 Å². The number of hydrogen-bond donors (Lipinski definition) is 9. The molecule has 0 saturated heterocycles. The number of amides is 2. The molecule has 6 aliphatic carbocycles. The number of likely N-dealkylation sites (N-methyl/N-ethyl adjacent to an activating group) is 2. The predicted molar refractivity (Wildman–Crippen MR) is 213 cm³/mol. The molecule has 65 heavy (non-hydrogen) atoms. The van der Waals surface area contributed by atoms with Crippen molar-refractivity contribution in [1.29, 1.82) is 0 Å². The lowest BCUT2D eigenvalue weighted by Crippen LogP contribution is -2.71. The minimum Gasteiger partial charge on any atom is -0.508 e. The number of benzene rings is 2. The Hall–Kier alpha value is -6.07. The highest BCUT2D eigenvalue weighted by Gasteiger charge is 2.70. The number of fused-ring (bicyclic) bond motifs is 6. The van der Waals surface area contributed by atoms with Crippen molar-refractivity contribution < 1.29 is 88.2 Å². The molecule has 2 amide bonds. The molecule has 21 heteroatoms. The Kier molecular flexibility index (Phi) is 10.5. The second kappa shape index (κ2) is 15.0. The van der Waals surface area contributed by atoms with Crippen molar-refractivity contribution in [1.82, 2.24) is 9.80 Å². The second-order valence-electron chi connectivity index (χ2n) is 17.7. The molecule has 0 bridgehead atoms. The van der Waals surface area contributed by atoms with Crippen LogP contribution in [0.4, 0.5) is 13.2 Å². The van der Waals surface area contributed by atoms with Gasteiger partial charge in [0.05, 0.1) is 47.3 Å². The van der Waals surface area contributed by atoms with E-state index in [1.807, 2.05) is 0 Å². The molecule has 12 N–H and O–H groups in total. The molecule has 0 spiro atoms. The number of aliphatic hydroxyl groups excluding tert-OH is 5. The molecule has 6 aliphatic rings. The van der Waals surface area contributed by atoms with E-state index in [-0.39, 0.29) is 5.56 Å². The van der Waals surface area contributed by atoms with Gasteiger partial charge >= 0.3 is 5.91 Å². The number of hydrogen-bond acceptors (Lipinski definition) is 16. The van der Waals surface area contributed by atoms with Crippen molar-refractivity contribution in [2.24, 2.45) is 29.4 Å². The lowest BCUT2D eigenvalue weighted by Gasteiger charge is -2.55. The number of primary amides is 1. The average molecular weight is 910 g/mol. The highest BCUT2D eigenvalue weighted by molar-refractivity contribution is 6.25. The maximum Gasteiger partial charge on any atom is 0.348 e. The molecule has 18 nitrogen and oxygen atoms in total. The summed E-state index contributed by atoms with van der Waals surface area (Å²) in [5.41, 5.74) is -3.53. The van der Waals surface area contributed by atoms with E-state index in [2.05, 4.69) is 5.73 Å². The highest BCUT2D eigenvalue weighted by Crippen LogP contribution is 2.58. The minimum atomic E-state index is -3.45. The Bertz CT molecular complexity index is 2730. The lowest BCUT2D eigenvalue weighted by molar-refractivity contribution is -0.299. The molecule has 8 rings (SSSR count). The van der Waals surface area contributed by atoms with Crippen molar-refractivity contribution in [2.45, 2.75) is 61.2 Å². The van der Waals surface area contributed by atoms with Gasteiger partial charge in [0, 0.05) is 28.5 Å². The summed E-state index contributed by atoms with van der Waals surface area (Å²) in [5, 5.41) is 84.3. The number of quaternary nitrogens is 1. The molecule has 344 valence electrons. The molecule has 0 heterocycles. The smallest absolute Gasteiger partial charge is 0.348 e. The highest BCUT2D eigenvalue weighted by atomic mass is 19.1. The SMILES string of the molecule is CC1c2c(F)ccc(F)c2C(=O)C2=C(OCN(C)C3C(=O)C(C(N)=O)=C(O)C4(O)C(=O)C5=C(O)c6c(F)cccc6C(C)C5C(O)C34)C3(O)C(O)=C(C([NH3+])=O)C(=O)C(N(C)C)C3C(O)C21. The number of carbonyl (C=O) groups excluding carboxylic acids is 6. The van der Waals surface area contributed by atoms with Crippen LogP contribution in [0.5, 0.6) is 0 Å². The standard InChI is InChI=1S/C44H43F3N4O14/c1-12-14-7-6-8-15(45)21(14)31(52)23-19(12)33(54)28-30(36(57)26(42(49)62)38(59)43(28,63)37(23)58)51(5)11-65-40-24-20(13(2)18-16(46)9-10-17(47)22(18)32(24)53)34(55)27-29(50(3)4)35(56)25(41(48)61)39(60)44(27,40)64/h6-10,12-13,19-20,27-30,33-34,52,54-55,59-60,63-64H,11H2,1-5H3,(H2,48,61)(H2,49,62)/p+1. The molecule has 1 saturated carbocycles. The van der Waals surface area contributed by atoms with Gasteiger partial charge in [0.1, 0.15) is 47.0 Å². The average Bonchev–Trinajstić information content (AvgIpc) is 3.22. The van der Waals surface area contributed by atoms with Crippen LogP contribution >= 0.6 is 0 Å². The van der Waals surface area contributed by atoms with Crippen molar-refractivity contribution >= 4 is 40.7 Å². The Morgan fingerprint density at radius 3 is 1.89 bits per heavy atom. The van der Waals surface area contributed by atoms with Gasteiger partial charge in [0.25, 0.3) is 5.91 Å². The van der Waals surface area contributed by atoms with E-state index in [0.717, 1.165) is 24.1 Å². The first-order valence-electron chi connectivity index (χ1n) is 20.3. The number of halogens is 3. The van der Waals surface area contributed by atoms with Gasteiger partial charge < -0.3 is 46.2 Å². The van der Waals surface area contributed by atoms with Crippen LogP contribution in [0.2, 0.25) is 0 Å². The fourth-order valence-corrected chi connectivity index (χ4v) is 11.5. The molecule has 2 aromatic carbocycles. The molecular weight excluding hydrogens is 865 g/mol. The van der Waals surface area contributed by atoms with Crippen LogP contribution in [0.15, 0.2) is 69.9 Å². The zero-order valence-electron chi connectivity index (χ0n) is 35.2. The molecular formula is C44H44F3N4O14+. The van der Waals surface area contributed by atoms with Crippen LogP contribution in [0.25, 0.3) is 5.76 Å². The minimum absolute atomic E-state index is 0.117. The summed E-state index contributed by atoms with van der Waals surface area (Å²) in [7, 11) is 3.71. The van der Waals surface area contributed by atoms with E-state index in [9.17, 15) is 64.5 Å². The predicted octanol–water partition coefficient (Wildman–Crippen LogP) is -0.763. The third kappa shape index (κ3) is 5.72. The van der Waals surface area contributed by atoms with E-state index in [0.29, 0.717) is 6.07 Å². The summed E-state index contributed by atoms with van der Waals surface area (Å²) < 4.78 is 52.6. The summed E-state index contributed by atoms with van der Waals surface area (Å²) in [4.78, 5) is 85.4. The molecule has 1 fully saturated rings. The molecule has 0 aromatic heterocycles. The number of nitrogens with two attached hydrogens (primary N) is 1. The fraction of sp³-hybridized carbons (Fsp3) is 0.409. The summed E-state index contributed by atoms with van der Waals surface area (Å²) in [6.45, 7) is 1.64. The Morgan fingerprint density at radius 1 is 0.769 bits per heavy atom. The van der Waals surface area contributed by atoms with Crippen molar-refractivity contribution in [3.8, 4) is 0 Å². The van der Waals surface area contributed by atoms with Gasteiger partial charge in [-0.1, -0.05) is 26.0 Å². The Morgan fingerprint density at radius 2 is 1.31 bits per heavy atom. The maximum absolute atomic E-state index is 15.7. The monoisotopic (exact) mass is 909 g/mol. The third-order valence-corrected chi connectivity index (χ3v) is 14.3. The van der Waals surface area contributed by atoms with E-state index in [4.69, 9.17) is 10.5 Å². The number of aliphatic hydroxyl groups is 7. The second-order valence-corrected chi connectivity index (χ2v) is 17.7. The van der Waals surface area contributed by atoms with Crippen LogP contribution in [-0.2, 0) is 28.7 Å². The number of carbonyl (C=O) groups is 6. The summed E-state index contributed by atoms with van der Waals surface area (Å²) in [6.07, 6.45) is -4.17. The zero-order chi connectivity index (χ0) is 48.0. The van der Waals surface area contributed by atoms with Crippen LogP contribution in [0.1, 0.15) is 52.7 Å². The molecule has 12 atom stereocenters. The number of ketones is 4. The molecule has 12 unspecified atom stereocenters. The number of Topliss-reactive ketones (excluding diaryl/α,β-unsaturated/α-hetero) is 4. The van der Waals surface area contributed by atoms with Crippen molar-refractivity contribution in [2.75, 3.05) is 27.9 Å². The van der Waals surface area contributed by atoms with Gasteiger partial charge in [-0.05, 0) is 56.7 Å². The summed E-state index contributed by atoms with van der Waals surface area (Å²) in [5.74, 6) is -26.4. The van der Waals surface area contributed by atoms with Crippen LogP contribution in [0, 0.1) is 41.1 Å².